The lowest BCUT2D eigenvalue weighted by Crippen LogP contribution is -2.34. The van der Waals surface area contributed by atoms with Crippen molar-refractivity contribution in [2.24, 2.45) is 0 Å². The first-order valence-corrected chi connectivity index (χ1v) is 6.46. The summed E-state index contributed by atoms with van der Waals surface area (Å²) in [6.07, 6.45) is 4.95. The summed E-state index contributed by atoms with van der Waals surface area (Å²) in [5.74, 6) is 1.05. The van der Waals surface area contributed by atoms with Crippen LogP contribution in [0.4, 0.5) is 5.82 Å². The maximum atomic E-state index is 10.9. The molecule has 0 aromatic carbocycles. The molecule has 1 atom stereocenters. The van der Waals surface area contributed by atoms with Gasteiger partial charge >= 0.3 is 0 Å². The largest absolute Gasteiger partial charge is 0.356 e. The number of aromatic nitrogens is 2. The number of carbonyl (C=O) groups excluding carboxylic acids is 1. The molecule has 0 unspecified atom stereocenters. The minimum atomic E-state index is 0.0393. The van der Waals surface area contributed by atoms with Gasteiger partial charge in [0.05, 0.1) is 0 Å². The molecule has 2 rings (SSSR count). The van der Waals surface area contributed by atoms with Crippen LogP contribution in [0, 0.1) is 6.92 Å². The molecule has 98 valence electrons. The van der Waals surface area contributed by atoms with E-state index in [-0.39, 0.29) is 5.91 Å². The Labute approximate surface area is 108 Å². The molecule has 1 aromatic heterocycles. The Kier molecular flexibility index (Phi) is 4.12. The maximum absolute atomic E-state index is 10.9. The van der Waals surface area contributed by atoms with E-state index in [9.17, 15) is 4.79 Å². The second-order valence-corrected chi connectivity index (χ2v) is 4.78. The molecule has 1 aliphatic rings. The molecule has 1 N–H and O–H groups in total. The molecule has 1 fully saturated rings. The number of nitrogens with zero attached hydrogens (tertiary/aromatic N) is 3. The molecule has 18 heavy (non-hydrogen) atoms. The van der Waals surface area contributed by atoms with E-state index >= 15 is 0 Å². The number of amides is 1. The van der Waals surface area contributed by atoms with Gasteiger partial charge in [0, 0.05) is 37.8 Å². The highest BCUT2D eigenvalue weighted by atomic mass is 16.1. The smallest absolute Gasteiger partial charge is 0.216 e. The van der Waals surface area contributed by atoms with Crippen LogP contribution in [0.5, 0.6) is 0 Å². The van der Waals surface area contributed by atoms with Crippen LogP contribution in [0.1, 0.15) is 31.9 Å². The standard InChI is InChI=1S/C13H20N4O/c1-10-8-13(16-9-15-10)17-7-3-4-12(17)5-6-14-11(2)18/h8-9,12H,3-7H2,1-2H3,(H,14,18)/t12-/m1/s1. The van der Waals surface area contributed by atoms with Crippen molar-refractivity contribution >= 4 is 11.7 Å². The van der Waals surface area contributed by atoms with Gasteiger partial charge in [0.2, 0.25) is 5.91 Å². The second-order valence-electron chi connectivity index (χ2n) is 4.78. The van der Waals surface area contributed by atoms with Crippen molar-refractivity contribution < 1.29 is 4.79 Å². The third-order valence-corrected chi connectivity index (χ3v) is 3.31. The van der Waals surface area contributed by atoms with E-state index in [2.05, 4.69) is 20.2 Å². The van der Waals surface area contributed by atoms with Crippen molar-refractivity contribution in [1.82, 2.24) is 15.3 Å². The summed E-state index contributed by atoms with van der Waals surface area (Å²) in [4.78, 5) is 21.7. The van der Waals surface area contributed by atoms with Gasteiger partial charge in [-0.3, -0.25) is 4.79 Å². The average molecular weight is 248 g/mol. The van der Waals surface area contributed by atoms with Crippen LogP contribution >= 0.6 is 0 Å². The summed E-state index contributed by atoms with van der Waals surface area (Å²) in [5, 5.41) is 2.86. The van der Waals surface area contributed by atoms with Crippen molar-refractivity contribution in [1.29, 1.82) is 0 Å². The van der Waals surface area contributed by atoms with Crippen LogP contribution in [0.3, 0.4) is 0 Å². The van der Waals surface area contributed by atoms with E-state index in [1.54, 1.807) is 13.3 Å². The fourth-order valence-electron chi connectivity index (χ4n) is 2.45. The molecule has 5 nitrogen and oxygen atoms in total. The van der Waals surface area contributed by atoms with E-state index in [4.69, 9.17) is 0 Å². The first kappa shape index (κ1) is 12.8. The highest BCUT2D eigenvalue weighted by Crippen LogP contribution is 2.25. The number of rotatable bonds is 4. The number of hydrogen-bond acceptors (Lipinski definition) is 4. The van der Waals surface area contributed by atoms with Crippen molar-refractivity contribution in [3.05, 3.63) is 18.1 Å². The predicted octanol–water partition coefficient (Wildman–Crippen LogP) is 1.28. The Morgan fingerprint density at radius 3 is 3.11 bits per heavy atom. The van der Waals surface area contributed by atoms with Gasteiger partial charge in [-0.1, -0.05) is 0 Å². The van der Waals surface area contributed by atoms with Crippen molar-refractivity contribution in [3.8, 4) is 0 Å². The van der Waals surface area contributed by atoms with Crippen LogP contribution in [-0.2, 0) is 4.79 Å². The van der Waals surface area contributed by atoms with Gasteiger partial charge in [-0.05, 0) is 26.2 Å². The van der Waals surface area contributed by atoms with Gasteiger partial charge in [0.1, 0.15) is 12.1 Å². The highest BCUT2D eigenvalue weighted by Gasteiger charge is 2.25. The molecule has 1 aromatic rings. The van der Waals surface area contributed by atoms with Gasteiger partial charge in [-0.2, -0.15) is 0 Å². The van der Waals surface area contributed by atoms with Crippen molar-refractivity contribution in [3.63, 3.8) is 0 Å². The molecule has 1 saturated heterocycles. The Morgan fingerprint density at radius 1 is 1.56 bits per heavy atom. The number of hydrogen-bond donors (Lipinski definition) is 1. The van der Waals surface area contributed by atoms with Crippen LogP contribution in [0.25, 0.3) is 0 Å². The second kappa shape index (κ2) is 5.80. The minimum absolute atomic E-state index is 0.0393. The zero-order valence-electron chi connectivity index (χ0n) is 11.0. The van der Waals surface area contributed by atoms with Crippen molar-refractivity contribution in [2.75, 3.05) is 18.0 Å². The molecule has 1 aliphatic heterocycles. The van der Waals surface area contributed by atoms with E-state index in [0.717, 1.165) is 31.0 Å². The Morgan fingerprint density at radius 2 is 2.39 bits per heavy atom. The van der Waals surface area contributed by atoms with E-state index in [0.29, 0.717) is 6.04 Å². The summed E-state index contributed by atoms with van der Waals surface area (Å²) in [6.45, 7) is 5.31. The molecular formula is C13H20N4O. The van der Waals surface area contributed by atoms with Gasteiger partial charge < -0.3 is 10.2 Å². The molecular weight excluding hydrogens is 228 g/mol. The van der Waals surface area contributed by atoms with Crippen molar-refractivity contribution in [2.45, 2.75) is 39.2 Å². The molecule has 1 amide bonds. The number of anilines is 1. The van der Waals surface area contributed by atoms with Gasteiger partial charge in [0.25, 0.3) is 0 Å². The quantitative estimate of drug-likeness (QED) is 0.872. The van der Waals surface area contributed by atoms with Crippen LogP contribution < -0.4 is 10.2 Å². The lowest BCUT2D eigenvalue weighted by Gasteiger charge is -2.25. The molecule has 0 saturated carbocycles. The third-order valence-electron chi connectivity index (χ3n) is 3.31. The van der Waals surface area contributed by atoms with E-state index < -0.39 is 0 Å². The Bertz CT molecular complexity index is 421. The zero-order chi connectivity index (χ0) is 13.0. The maximum Gasteiger partial charge on any atom is 0.216 e. The first-order valence-electron chi connectivity index (χ1n) is 6.46. The Hall–Kier alpha value is -1.65. The summed E-state index contributed by atoms with van der Waals surface area (Å²) in [5.41, 5.74) is 0.993. The summed E-state index contributed by atoms with van der Waals surface area (Å²) >= 11 is 0. The molecule has 2 heterocycles. The minimum Gasteiger partial charge on any atom is -0.356 e. The van der Waals surface area contributed by atoms with Crippen LogP contribution in [-0.4, -0.2) is 35.0 Å². The summed E-state index contributed by atoms with van der Waals surface area (Å²) in [7, 11) is 0. The fraction of sp³-hybridized carbons (Fsp3) is 0.615. The first-order chi connectivity index (χ1) is 8.66. The van der Waals surface area contributed by atoms with E-state index in [1.807, 2.05) is 13.0 Å². The third kappa shape index (κ3) is 3.18. The lowest BCUT2D eigenvalue weighted by atomic mass is 10.1. The lowest BCUT2D eigenvalue weighted by molar-refractivity contribution is -0.118. The number of carbonyl (C=O) groups is 1. The zero-order valence-corrected chi connectivity index (χ0v) is 11.0. The van der Waals surface area contributed by atoms with E-state index in [1.165, 1.54) is 12.8 Å². The van der Waals surface area contributed by atoms with Crippen LogP contribution in [0.15, 0.2) is 12.4 Å². The normalized spacial score (nSPS) is 19.0. The summed E-state index contributed by atoms with van der Waals surface area (Å²) < 4.78 is 0. The molecule has 0 aliphatic carbocycles. The molecule has 5 heteroatoms. The SMILES string of the molecule is CC(=O)NCC[C@H]1CCCN1c1cc(C)ncn1. The van der Waals surface area contributed by atoms with Gasteiger partial charge in [-0.25, -0.2) is 9.97 Å². The number of aryl methyl sites for hydroxylation is 1. The topological polar surface area (TPSA) is 58.1 Å². The average Bonchev–Trinajstić information content (AvgIpc) is 2.77. The van der Waals surface area contributed by atoms with Gasteiger partial charge in [-0.15, -0.1) is 0 Å². The molecule has 0 spiro atoms. The monoisotopic (exact) mass is 248 g/mol. The summed E-state index contributed by atoms with van der Waals surface area (Å²) in [6, 6.07) is 2.50. The van der Waals surface area contributed by atoms with Gasteiger partial charge in [0.15, 0.2) is 0 Å². The molecule has 0 bridgehead atoms. The van der Waals surface area contributed by atoms with Crippen LogP contribution in [0.2, 0.25) is 0 Å². The highest BCUT2D eigenvalue weighted by molar-refractivity contribution is 5.72. The number of nitrogens with one attached hydrogen (secondary N) is 1. The Balaban J connectivity index is 1.97. The molecule has 0 radical (unpaired) electrons. The predicted molar refractivity (Wildman–Crippen MR) is 70.4 cm³/mol. The fourth-order valence-corrected chi connectivity index (χ4v) is 2.45.